The lowest BCUT2D eigenvalue weighted by Gasteiger charge is -1.94. The lowest BCUT2D eigenvalue weighted by molar-refractivity contribution is 0.136. The molecule has 0 amide bonds. The molecule has 0 fully saturated rings. The molecule has 4 heteroatoms. The molecule has 2 N–H and O–H groups in total. The van der Waals surface area contributed by atoms with Gasteiger partial charge in [-0.2, -0.15) is 5.26 Å². The first-order chi connectivity index (χ1) is 3.18. The predicted octanol–water partition coefficient (Wildman–Crippen LogP) is 0.102. The fraction of sp³-hybridized carbons (Fsp3) is 0.667. The van der Waals surface area contributed by atoms with Crippen molar-refractivity contribution in [1.82, 2.24) is 0 Å². The predicted molar refractivity (Wildman–Crippen MR) is 19.6 cm³/mol. The number of hydrogen-bond donors (Lipinski definition) is 1. The van der Waals surface area contributed by atoms with Crippen molar-refractivity contribution >= 4 is 0 Å². The van der Waals surface area contributed by atoms with Gasteiger partial charge in [0.2, 0.25) is 0 Å². The minimum atomic E-state index is -2.72. The summed E-state index contributed by atoms with van der Waals surface area (Å²) in [4.78, 5) is 0. The van der Waals surface area contributed by atoms with Crippen molar-refractivity contribution in [3.63, 3.8) is 0 Å². The number of rotatable bonds is 1. The molecule has 0 spiro atoms. The Morgan fingerprint density at radius 1 is 1.57 bits per heavy atom. The third kappa shape index (κ3) is 2.06. The summed E-state index contributed by atoms with van der Waals surface area (Å²) in [6, 6.07) is -0.433. The third-order valence-corrected chi connectivity index (χ3v) is 0.421. The van der Waals surface area contributed by atoms with Gasteiger partial charge in [-0.25, -0.2) is 8.78 Å². The zero-order valence-corrected chi connectivity index (χ0v) is 3.44. The van der Waals surface area contributed by atoms with Crippen LogP contribution in [0.3, 0.4) is 0 Å². The zero-order chi connectivity index (χ0) is 5.86. The van der Waals surface area contributed by atoms with Crippen LogP contribution in [0.5, 0.6) is 0 Å². The summed E-state index contributed by atoms with van der Waals surface area (Å²) in [5.74, 6) is 0. The normalized spacial score (nSPS) is 13.6. The highest BCUT2D eigenvalue weighted by Crippen LogP contribution is 1.93. The van der Waals surface area contributed by atoms with Crippen LogP contribution in [0.25, 0.3) is 0 Å². The van der Waals surface area contributed by atoms with Gasteiger partial charge < -0.3 is 5.73 Å². The molecule has 0 aliphatic heterocycles. The van der Waals surface area contributed by atoms with E-state index in [4.69, 9.17) is 5.26 Å². The second kappa shape index (κ2) is 2.48. The van der Waals surface area contributed by atoms with Gasteiger partial charge in [0.05, 0.1) is 6.07 Å². The lowest BCUT2D eigenvalue weighted by atomic mass is 10.4. The highest BCUT2D eigenvalue weighted by atomic mass is 19.3. The Morgan fingerprint density at radius 2 is 2.00 bits per heavy atom. The van der Waals surface area contributed by atoms with Crippen molar-refractivity contribution in [2.75, 3.05) is 0 Å². The van der Waals surface area contributed by atoms with E-state index in [1.54, 1.807) is 0 Å². The minimum Gasteiger partial charge on any atom is -0.311 e. The Morgan fingerprint density at radius 3 is 2.00 bits per heavy atom. The molecule has 0 aliphatic carbocycles. The highest BCUT2D eigenvalue weighted by molar-refractivity contribution is 4.87. The molecule has 40 valence electrons. The maximum atomic E-state index is 11.1. The summed E-state index contributed by atoms with van der Waals surface area (Å²) in [6.07, 6.45) is -2.72. The van der Waals surface area contributed by atoms with E-state index < -0.39 is 12.5 Å². The van der Waals surface area contributed by atoms with Gasteiger partial charge >= 0.3 is 0 Å². The molecule has 1 unspecified atom stereocenters. The quantitative estimate of drug-likeness (QED) is 0.515. The Kier molecular flexibility index (Phi) is 2.23. The van der Waals surface area contributed by atoms with E-state index in [9.17, 15) is 8.78 Å². The molecule has 0 heterocycles. The average molecular weight is 106 g/mol. The summed E-state index contributed by atoms with van der Waals surface area (Å²) in [7, 11) is 0. The van der Waals surface area contributed by atoms with E-state index >= 15 is 0 Å². The van der Waals surface area contributed by atoms with E-state index in [2.05, 4.69) is 5.73 Å². The molecule has 7 heavy (non-hydrogen) atoms. The second-order valence-electron chi connectivity index (χ2n) is 0.989. The first kappa shape index (κ1) is 6.31. The van der Waals surface area contributed by atoms with E-state index in [0.29, 0.717) is 0 Å². The Hall–Kier alpha value is -0.690. The fourth-order valence-electron chi connectivity index (χ4n) is 0.0563. The molecule has 1 atom stereocenters. The van der Waals surface area contributed by atoms with Crippen molar-refractivity contribution in [3.05, 3.63) is 0 Å². The molecule has 2 nitrogen and oxygen atoms in total. The Bertz CT molecular complexity index is 85.4. The van der Waals surface area contributed by atoms with E-state index in [-0.39, 0.29) is 0 Å². The van der Waals surface area contributed by atoms with Crippen LogP contribution in [0.1, 0.15) is 0 Å². The molecule has 0 aliphatic rings. The smallest absolute Gasteiger partial charge is 0.266 e. The van der Waals surface area contributed by atoms with E-state index in [1.807, 2.05) is 0 Å². The summed E-state index contributed by atoms with van der Waals surface area (Å²) in [6.45, 7) is 0. The topological polar surface area (TPSA) is 49.8 Å². The van der Waals surface area contributed by atoms with Gasteiger partial charge in [0.15, 0.2) is 6.04 Å². The lowest BCUT2D eigenvalue weighted by Crippen LogP contribution is -2.25. The Balaban J connectivity index is 3.40. The first-order valence-electron chi connectivity index (χ1n) is 1.62. The third-order valence-electron chi connectivity index (χ3n) is 0.421. The van der Waals surface area contributed by atoms with Crippen LogP contribution >= 0.6 is 0 Å². The molecule has 0 aromatic rings. The van der Waals surface area contributed by atoms with Crippen molar-refractivity contribution < 1.29 is 8.78 Å². The Labute approximate surface area is 39.5 Å². The van der Waals surface area contributed by atoms with Crippen LogP contribution < -0.4 is 5.73 Å². The van der Waals surface area contributed by atoms with Crippen molar-refractivity contribution in [2.24, 2.45) is 5.73 Å². The fourth-order valence-corrected chi connectivity index (χ4v) is 0.0563. The minimum absolute atomic E-state index is 1.19. The van der Waals surface area contributed by atoms with Crippen LogP contribution in [-0.2, 0) is 0 Å². The highest BCUT2D eigenvalue weighted by Gasteiger charge is 2.12. The van der Waals surface area contributed by atoms with Crippen LogP contribution in [0.2, 0.25) is 0 Å². The van der Waals surface area contributed by atoms with Crippen molar-refractivity contribution in [2.45, 2.75) is 12.5 Å². The van der Waals surface area contributed by atoms with E-state index in [1.165, 1.54) is 6.07 Å². The van der Waals surface area contributed by atoms with Gasteiger partial charge in [0.1, 0.15) is 0 Å². The standard InChI is InChI=1S/C3H4F2N2/c4-3(5)2(7)1-6/h2-3H,7H2. The van der Waals surface area contributed by atoms with Crippen molar-refractivity contribution in [3.8, 4) is 6.07 Å². The van der Waals surface area contributed by atoms with Crippen LogP contribution in [0, 0.1) is 11.3 Å². The van der Waals surface area contributed by atoms with Crippen LogP contribution in [0.4, 0.5) is 8.78 Å². The molecule has 0 radical (unpaired) electrons. The first-order valence-corrected chi connectivity index (χ1v) is 1.62. The molecule has 0 bridgehead atoms. The van der Waals surface area contributed by atoms with E-state index in [0.717, 1.165) is 0 Å². The molecule has 0 saturated carbocycles. The summed E-state index contributed by atoms with van der Waals surface area (Å²) in [5, 5.41) is 7.65. The van der Waals surface area contributed by atoms with Crippen LogP contribution in [0.15, 0.2) is 0 Å². The number of alkyl halides is 2. The van der Waals surface area contributed by atoms with Gasteiger partial charge in [0.25, 0.3) is 6.43 Å². The largest absolute Gasteiger partial charge is 0.311 e. The number of halogens is 2. The van der Waals surface area contributed by atoms with Crippen LogP contribution in [-0.4, -0.2) is 12.5 Å². The number of nitrogens with two attached hydrogens (primary N) is 1. The molecular weight excluding hydrogens is 102 g/mol. The van der Waals surface area contributed by atoms with Gasteiger partial charge in [-0.05, 0) is 0 Å². The summed E-state index contributed by atoms with van der Waals surface area (Å²) in [5.41, 5.74) is 4.50. The molecule has 0 rings (SSSR count). The van der Waals surface area contributed by atoms with Gasteiger partial charge in [0, 0.05) is 0 Å². The van der Waals surface area contributed by atoms with Gasteiger partial charge in [-0.1, -0.05) is 0 Å². The molecule has 0 saturated heterocycles. The number of hydrogen-bond acceptors (Lipinski definition) is 2. The monoisotopic (exact) mass is 106 g/mol. The maximum absolute atomic E-state index is 11.1. The zero-order valence-electron chi connectivity index (χ0n) is 3.44. The number of nitriles is 1. The number of nitrogens with zero attached hydrogens (tertiary/aromatic N) is 1. The van der Waals surface area contributed by atoms with Gasteiger partial charge in [-0.15, -0.1) is 0 Å². The summed E-state index contributed by atoms with van der Waals surface area (Å²) < 4.78 is 22.2. The summed E-state index contributed by atoms with van der Waals surface area (Å²) >= 11 is 0. The maximum Gasteiger partial charge on any atom is 0.266 e. The van der Waals surface area contributed by atoms with Gasteiger partial charge in [-0.3, -0.25) is 0 Å². The second-order valence-corrected chi connectivity index (χ2v) is 0.989. The average Bonchev–Trinajstić information content (AvgIpc) is 1.65. The molecule has 0 aromatic carbocycles. The van der Waals surface area contributed by atoms with Crippen molar-refractivity contribution in [1.29, 1.82) is 5.26 Å². The SMILES string of the molecule is N#CC(N)C(F)F. The molecular formula is C3H4F2N2. The molecule has 0 aromatic heterocycles.